The molecule has 50 valence electrons. The monoisotopic (exact) mass is 160 g/mol. The normalized spacial score (nSPS) is 16.8. The van der Waals surface area contributed by atoms with E-state index in [0.29, 0.717) is 0 Å². The summed E-state index contributed by atoms with van der Waals surface area (Å²) in [6.07, 6.45) is 3.89. The molecule has 0 spiro atoms. The minimum absolute atomic E-state index is 0. The minimum atomic E-state index is 0. The molecule has 3 radical (unpaired) electrons. The van der Waals surface area contributed by atoms with Gasteiger partial charge in [-0.2, -0.15) is 0 Å². The Labute approximate surface area is 60.6 Å². The molecule has 0 unspecified atom stereocenters. The number of rotatable bonds is 0. The van der Waals surface area contributed by atoms with Crippen LogP contribution in [0.4, 0.5) is 0 Å². The van der Waals surface area contributed by atoms with Crippen molar-refractivity contribution in [3.8, 4) is 0 Å². The first kappa shape index (κ1) is 7.86. The summed E-state index contributed by atoms with van der Waals surface area (Å²) in [6.45, 7) is 2.97. The van der Waals surface area contributed by atoms with Gasteiger partial charge in [-0.3, -0.25) is 0 Å². The van der Waals surface area contributed by atoms with Crippen molar-refractivity contribution in [2.45, 2.75) is 0 Å². The predicted octanol–water partition coefficient (Wildman–Crippen LogP) is 0.0609. The van der Waals surface area contributed by atoms with Crippen LogP contribution in [0.25, 0.3) is 0 Å². The molecule has 0 aliphatic carbocycles. The Morgan fingerprint density at radius 3 is 1.62 bits per heavy atom. The molecule has 1 heterocycles. The molecule has 0 aromatic carbocycles. The van der Waals surface area contributed by atoms with Crippen LogP contribution in [0, 0.1) is 6.67 Å². The van der Waals surface area contributed by atoms with Gasteiger partial charge in [0.25, 0.3) is 0 Å². The zero-order chi connectivity index (χ0) is 5.28. The van der Waals surface area contributed by atoms with Crippen LogP contribution in [-0.2, 0) is 17.1 Å². The molecule has 0 bridgehead atoms. The molecular weight excluding hydrogens is 152 g/mol. The van der Waals surface area contributed by atoms with E-state index in [1.165, 1.54) is 0 Å². The van der Waals surface area contributed by atoms with E-state index < -0.39 is 0 Å². The van der Waals surface area contributed by atoms with E-state index in [1.54, 1.807) is 0 Å². The summed E-state index contributed by atoms with van der Waals surface area (Å²) >= 11 is 0. The van der Waals surface area contributed by atoms with Crippen LogP contribution < -0.4 is 0 Å². The zero-order valence-electron chi connectivity index (χ0n) is 4.87. The third-order valence-corrected chi connectivity index (χ3v) is 0.829. The first-order valence-corrected chi connectivity index (χ1v) is 2.19. The fourth-order valence-electron chi connectivity index (χ4n) is 0.515. The summed E-state index contributed by atoms with van der Waals surface area (Å²) in [5.41, 5.74) is 0. The summed E-state index contributed by atoms with van der Waals surface area (Å²) in [7, 11) is 3.89. The average molecular weight is 161 g/mol. The number of hydrogen-bond donors (Lipinski definition) is 0. The summed E-state index contributed by atoms with van der Waals surface area (Å²) < 4.78 is 0. The fraction of sp³-hybridized carbons (Fsp3) is 0.400. The van der Waals surface area contributed by atoms with Crippen molar-refractivity contribution in [3.63, 3.8) is 0 Å². The first-order valence-electron chi connectivity index (χ1n) is 2.19. The molecular formula is C5H9CuN2. The van der Waals surface area contributed by atoms with Gasteiger partial charge in [0, 0.05) is 26.5 Å². The van der Waals surface area contributed by atoms with Gasteiger partial charge >= 0.3 is 17.1 Å². The third kappa shape index (κ3) is 1.76. The van der Waals surface area contributed by atoms with Crippen molar-refractivity contribution in [3.05, 3.63) is 19.1 Å². The summed E-state index contributed by atoms with van der Waals surface area (Å²) in [4.78, 5) is 3.75. The summed E-state index contributed by atoms with van der Waals surface area (Å²) in [5, 5.41) is 0. The van der Waals surface area contributed by atoms with Gasteiger partial charge in [-0.1, -0.05) is 0 Å². The van der Waals surface area contributed by atoms with Gasteiger partial charge in [-0.25, -0.2) is 0 Å². The van der Waals surface area contributed by atoms with Crippen molar-refractivity contribution in [1.82, 2.24) is 9.80 Å². The Morgan fingerprint density at radius 2 is 1.50 bits per heavy atom. The molecule has 0 saturated heterocycles. The van der Waals surface area contributed by atoms with Crippen molar-refractivity contribution in [1.29, 1.82) is 0 Å². The Morgan fingerprint density at radius 1 is 1.12 bits per heavy atom. The van der Waals surface area contributed by atoms with E-state index in [4.69, 9.17) is 0 Å². The van der Waals surface area contributed by atoms with E-state index >= 15 is 0 Å². The second-order valence-electron chi connectivity index (χ2n) is 1.62. The first-order chi connectivity index (χ1) is 3.29. The molecule has 0 aromatic heterocycles. The Balaban J connectivity index is 0.000000490. The second kappa shape index (κ2) is 3.00. The van der Waals surface area contributed by atoms with Gasteiger partial charge < -0.3 is 9.80 Å². The van der Waals surface area contributed by atoms with Gasteiger partial charge in [0.1, 0.15) is 0 Å². The maximum atomic E-state index is 2.97. The van der Waals surface area contributed by atoms with Gasteiger partial charge in [0.2, 0.25) is 6.67 Å². The van der Waals surface area contributed by atoms with Crippen LogP contribution in [0.1, 0.15) is 0 Å². The molecule has 1 rings (SSSR count). The SMILES string of the molecule is CN1[C]N(C)C=C1.[CuH]. The van der Waals surface area contributed by atoms with E-state index in [1.807, 2.05) is 36.3 Å². The van der Waals surface area contributed by atoms with Crippen molar-refractivity contribution in [2.75, 3.05) is 14.1 Å². The van der Waals surface area contributed by atoms with Crippen molar-refractivity contribution < 1.29 is 17.1 Å². The van der Waals surface area contributed by atoms with E-state index in [-0.39, 0.29) is 17.1 Å². The summed E-state index contributed by atoms with van der Waals surface area (Å²) in [5.74, 6) is 0. The second-order valence-corrected chi connectivity index (χ2v) is 1.62. The molecule has 1 aliphatic rings. The quantitative estimate of drug-likeness (QED) is 0.463. The van der Waals surface area contributed by atoms with Crippen LogP contribution in [0.3, 0.4) is 0 Å². The molecule has 0 saturated carbocycles. The Hall–Kier alpha value is -0.141. The van der Waals surface area contributed by atoms with Crippen LogP contribution in [0.2, 0.25) is 0 Å². The Kier molecular flexibility index (Phi) is 2.95. The molecule has 1 aliphatic heterocycles. The van der Waals surface area contributed by atoms with Gasteiger partial charge in [0.15, 0.2) is 0 Å². The molecule has 3 heteroatoms. The third-order valence-electron chi connectivity index (χ3n) is 0.829. The van der Waals surface area contributed by atoms with Crippen LogP contribution in [0.5, 0.6) is 0 Å². The van der Waals surface area contributed by atoms with E-state index in [9.17, 15) is 0 Å². The van der Waals surface area contributed by atoms with Gasteiger partial charge in [-0.05, 0) is 0 Å². The van der Waals surface area contributed by atoms with Crippen LogP contribution in [0.15, 0.2) is 12.4 Å². The van der Waals surface area contributed by atoms with Crippen molar-refractivity contribution >= 4 is 0 Å². The summed E-state index contributed by atoms with van der Waals surface area (Å²) in [6, 6.07) is 0. The molecule has 0 aromatic rings. The topological polar surface area (TPSA) is 6.48 Å². The van der Waals surface area contributed by atoms with Gasteiger partial charge in [-0.15, -0.1) is 0 Å². The fourth-order valence-corrected chi connectivity index (χ4v) is 0.515. The number of hydrogen-bond acceptors (Lipinski definition) is 2. The maximum absolute atomic E-state index is 2.97. The van der Waals surface area contributed by atoms with E-state index in [0.717, 1.165) is 0 Å². The molecule has 0 atom stereocenters. The molecule has 0 N–H and O–H groups in total. The van der Waals surface area contributed by atoms with Crippen molar-refractivity contribution in [2.24, 2.45) is 0 Å². The van der Waals surface area contributed by atoms with Crippen LogP contribution >= 0.6 is 0 Å². The molecule has 8 heavy (non-hydrogen) atoms. The standard InChI is InChI=1S/C5H8N2.Cu.H/c1-6-3-4-7(2)5-6;;/h3-4H,1-2H3;;. The number of nitrogens with zero attached hydrogens (tertiary/aromatic N) is 2. The molecule has 0 fully saturated rings. The Bertz CT molecular complexity index is 82.4. The zero-order valence-corrected chi connectivity index (χ0v) is 5.85. The van der Waals surface area contributed by atoms with E-state index in [2.05, 4.69) is 6.67 Å². The predicted molar refractivity (Wildman–Crippen MR) is 29.3 cm³/mol. The van der Waals surface area contributed by atoms with Gasteiger partial charge in [0.05, 0.1) is 0 Å². The van der Waals surface area contributed by atoms with Crippen LogP contribution in [-0.4, -0.2) is 23.9 Å². The average Bonchev–Trinajstić information content (AvgIpc) is 1.87. The molecule has 2 nitrogen and oxygen atoms in total. The molecule has 0 amide bonds.